The summed E-state index contributed by atoms with van der Waals surface area (Å²) in [7, 11) is 3.52. The van der Waals surface area contributed by atoms with Gasteiger partial charge in [0.1, 0.15) is 12.4 Å². The van der Waals surface area contributed by atoms with Crippen molar-refractivity contribution in [3.8, 4) is 5.75 Å². The van der Waals surface area contributed by atoms with Gasteiger partial charge in [0.15, 0.2) is 0 Å². The molecule has 3 N–H and O–H groups in total. The fraction of sp³-hybridized carbons (Fsp3) is 0.571. The zero-order chi connectivity index (χ0) is 14.1. The second-order valence-electron chi connectivity index (χ2n) is 4.57. The van der Waals surface area contributed by atoms with Crippen LogP contribution < -0.4 is 10.5 Å². The summed E-state index contributed by atoms with van der Waals surface area (Å²) in [6, 6.07) is 7.77. The summed E-state index contributed by atoms with van der Waals surface area (Å²) in [6.07, 6.45) is -0.462. The van der Waals surface area contributed by atoms with Crippen LogP contribution in [0.15, 0.2) is 24.3 Å². The summed E-state index contributed by atoms with van der Waals surface area (Å²) < 4.78 is 10.5. The molecule has 0 saturated heterocycles. The normalized spacial score (nSPS) is 12.7. The molecule has 0 fully saturated rings. The summed E-state index contributed by atoms with van der Waals surface area (Å²) in [6.45, 7) is 2.75. The lowest BCUT2D eigenvalue weighted by Gasteiger charge is -2.20. The van der Waals surface area contributed by atoms with Crippen molar-refractivity contribution in [2.24, 2.45) is 5.73 Å². The fourth-order valence-electron chi connectivity index (χ4n) is 1.78. The molecular weight excluding hydrogens is 244 g/mol. The van der Waals surface area contributed by atoms with E-state index in [4.69, 9.17) is 15.2 Å². The van der Waals surface area contributed by atoms with Crippen molar-refractivity contribution in [3.63, 3.8) is 0 Å². The van der Waals surface area contributed by atoms with Gasteiger partial charge in [0.05, 0.1) is 12.7 Å². The predicted octanol–water partition coefficient (Wildman–Crippen LogP) is 0.463. The first-order valence-electron chi connectivity index (χ1n) is 6.43. The Kier molecular flexibility index (Phi) is 7.43. The van der Waals surface area contributed by atoms with E-state index in [0.29, 0.717) is 26.3 Å². The van der Waals surface area contributed by atoms with Gasteiger partial charge in [-0.3, -0.25) is 0 Å². The number of likely N-dealkylation sites (N-methyl/N-ethyl adjacent to an activating group) is 1. The molecule has 0 aromatic heterocycles. The molecule has 0 heterocycles. The number of nitrogens with zero attached hydrogens (tertiary/aromatic N) is 1. The van der Waals surface area contributed by atoms with E-state index in [9.17, 15) is 5.11 Å². The molecule has 5 heteroatoms. The molecule has 0 amide bonds. The van der Waals surface area contributed by atoms with E-state index >= 15 is 0 Å². The lowest BCUT2D eigenvalue weighted by molar-refractivity contribution is 0.0410. The number of nitrogens with two attached hydrogens (primary N) is 1. The second-order valence-corrected chi connectivity index (χ2v) is 4.57. The Bertz CT molecular complexity index is 360. The largest absolute Gasteiger partial charge is 0.492 e. The van der Waals surface area contributed by atoms with Crippen LogP contribution in [0.4, 0.5) is 0 Å². The highest BCUT2D eigenvalue weighted by Gasteiger charge is 2.07. The highest BCUT2D eigenvalue weighted by Crippen LogP contribution is 2.12. The Hall–Kier alpha value is -1.14. The van der Waals surface area contributed by atoms with Gasteiger partial charge in [-0.15, -0.1) is 0 Å². The van der Waals surface area contributed by atoms with Gasteiger partial charge in [-0.25, -0.2) is 0 Å². The molecule has 0 aliphatic heterocycles. The second kappa shape index (κ2) is 8.87. The molecule has 1 atom stereocenters. The topological polar surface area (TPSA) is 68.0 Å². The minimum Gasteiger partial charge on any atom is -0.492 e. The predicted molar refractivity (Wildman–Crippen MR) is 75.2 cm³/mol. The van der Waals surface area contributed by atoms with Gasteiger partial charge in [-0.05, 0) is 24.7 Å². The molecule has 0 saturated carbocycles. The van der Waals surface area contributed by atoms with Gasteiger partial charge in [-0.2, -0.15) is 0 Å². The van der Waals surface area contributed by atoms with Gasteiger partial charge < -0.3 is 25.2 Å². The molecular formula is C14H24N2O3. The van der Waals surface area contributed by atoms with E-state index in [2.05, 4.69) is 0 Å². The third kappa shape index (κ3) is 6.54. The number of hydrogen-bond acceptors (Lipinski definition) is 5. The minimum atomic E-state index is -0.462. The summed E-state index contributed by atoms with van der Waals surface area (Å²) in [5.41, 5.74) is 6.63. The quantitative estimate of drug-likeness (QED) is 0.681. The molecule has 0 aliphatic rings. The van der Waals surface area contributed by atoms with Crippen molar-refractivity contribution in [3.05, 3.63) is 29.8 Å². The van der Waals surface area contributed by atoms with Crippen LogP contribution in [0.3, 0.4) is 0 Å². The van der Waals surface area contributed by atoms with E-state index < -0.39 is 6.10 Å². The Balaban J connectivity index is 2.25. The van der Waals surface area contributed by atoms with Gasteiger partial charge in [0.2, 0.25) is 0 Å². The number of aliphatic hydroxyl groups excluding tert-OH is 1. The zero-order valence-corrected chi connectivity index (χ0v) is 11.7. The van der Waals surface area contributed by atoms with Crippen LogP contribution in [-0.4, -0.2) is 56.6 Å². The monoisotopic (exact) mass is 268 g/mol. The average Bonchev–Trinajstić information content (AvgIpc) is 2.39. The molecule has 1 unspecified atom stereocenters. The Morgan fingerprint density at radius 3 is 2.89 bits per heavy atom. The van der Waals surface area contributed by atoms with E-state index in [1.54, 1.807) is 7.11 Å². The summed E-state index contributed by atoms with van der Waals surface area (Å²) in [4.78, 5) is 2.01. The summed E-state index contributed by atoms with van der Waals surface area (Å²) in [5.74, 6) is 0.828. The van der Waals surface area contributed by atoms with Crippen LogP contribution >= 0.6 is 0 Å². The Labute approximate surface area is 114 Å². The Morgan fingerprint density at radius 2 is 2.21 bits per heavy atom. The van der Waals surface area contributed by atoms with E-state index in [1.807, 2.05) is 36.2 Å². The number of aliphatic hydroxyl groups is 1. The first-order valence-corrected chi connectivity index (χ1v) is 6.43. The molecule has 1 aromatic rings. The molecule has 19 heavy (non-hydrogen) atoms. The van der Waals surface area contributed by atoms with Crippen LogP contribution in [0.5, 0.6) is 5.75 Å². The van der Waals surface area contributed by atoms with Crippen molar-refractivity contribution in [2.75, 3.05) is 40.5 Å². The molecule has 0 spiro atoms. The molecule has 0 aliphatic carbocycles. The average molecular weight is 268 g/mol. The molecule has 108 valence electrons. The lowest BCUT2D eigenvalue weighted by Crippen LogP contribution is -2.34. The molecule has 1 aromatic carbocycles. The molecule has 0 radical (unpaired) electrons. The van der Waals surface area contributed by atoms with Gasteiger partial charge >= 0.3 is 0 Å². The number of methoxy groups -OCH3 is 1. The van der Waals surface area contributed by atoms with E-state index in [1.165, 1.54) is 0 Å². The van der Waals surface area contributed by atoms with Crippen molar-refractivity contribution < 1.29 is 14.6 Å². The van der Waals surface area contributed by atoms with Crippen molar-refractivity contribution in [1.29, 1.82) is 0 Å². The highest BCUT2D eigenvalue weighted by molar-refractivity contribution is 5.28. The van der Waals surface area contributed by atoms with Gasteiger partial charge in [0, 0.05) is 26.7 Å². The van der Waals surface area contributed by atoms with Gasteiger partial charge in [-0.1, -0.05) is 12.1 Å². The van der Waals surface area contributed by atoms with Crippen molar-refractivity contribution >= 4 is 0 Å². The minimum absolute atomic E-state index is 0.351. The van der Waals surface area contributed by atoms with Gasteiger partial charge in [0.25, 0.3) is 0 Å². The summed E-state index contributed by atoms with van der Waals surface area (Å²) >= 11 is 0. The molecule has 1 rings (SSSR count). The lowest BCUT2D eigenvalue weighted by atomic mass is 10.2. The van der Waals surface area contributed by atoms with E-state index in [0.717, 1.165) is 17.9 Å². The highest BCUT2D eigenvalue weighted by atomic mass is 16.5. The maximum atomic E-state index is 9.58. The maximum Gasteiger partial charge on any atom is 0.119 e. The van der Waals surface area contributed by atoms with Crippen LogP contribution in [0, 0.1) is 0 Å². The number of benzene rings is 1. The molecule has 0 bridgehead atoms. The third-order valence-electron chi connectivity index (χ3n) is 2.76. The maximum absolute atomic E-state index is 9.58. The van der Waals surface area contributed by atoms with Crippen LogP contribution in [0.1, 0.15) is 5.56 Å². The van der Waals surface area contributed by atoms with Crippen LogP contribution in [-0.2, 0) is 11.3 Å². The van der Waals surface area contributed by atoms with Crippen molar-refractivity contribution in [2.45, 2.75) is 12.6 Å². The summed E-state index contributed by atoms with van der Waals surface area (Å²) in [5, 5.41) is 9.58. The SMILES string of the molecule is COCC(O)CN(C)CCOc1cccc(CN)c1. The number of ether oxygens (including phenoxy) is 2. The standard InChI is InChI=1S/C14H24N2O3/c1-16(10-13(17)11-18-2)6-7-19-14-5-3-4-12(8-14)9-15/h3-5,8,13,17H,6-7,9-11,15H2,1-2H3. The smallest absolute Gasteiger partial charge is 0.119 e. The number of rotatable bonds is 9. The van der Waals surface area contributed by atoms with Crippen molar-refractivity contribution in [1.82, 2.24) is 4.90 Å². The first kappa shape index (κ1) is 15.9. The zero-order valence-electron chi connectivity index (χ0n) is 11.7. The number of hydrogen-bond donors (Lipinski definition) is 2. The van der Waals surface area contributed by atoms with E-state index in [-0.39, 0.29) is 0 Å². The van der Waals surface area contributed by atoms with Crippen LogP contribution in [0.2, 0.25) is 0 Å². The molecule has 5 nitrogen and oxygen atoms in total. The third-order valence-corrected chi connectivity index (χ3v) is 2.76. The fourth-order valence-corrected chi connectivity index (χ4v) is 1.78. The Morgan fingerprint density at radius 1 is 1.42 bits per heavy atom. The first-order chi connectivity index (χ1) is 9.15. The van der Waals surface area contributed by atoms with Crippen LogP contribution in [0.25, 0.3) is 0 Å².